The summed E-state index contributed by atoms with van der Waals surface area (Å²) in [5.41, 5.74) is 1.08. The van der Waals surface area contributed by atoms with Crippen LogP contribution in [0.1, 0.15) is 19.4 Å². The third kappa shape index (κ3) is 5.36. The van der Waals surface area contributed by atoms with Crippen LogP contribution in [-0.2, 0) is 9.53 Å². The van der Waals surface area contributed by atoms with Crippen molar-refractivity contribution in [2.24, 2.45) is 0 Å². The maximum Gasteiger partial charge on any atom is 0.334 e. The summed E-state index contributed by atoms with van der Waals surface area (Å²) in [4.78, 5) is 12.1. The molecule has 1 N–H and O–H groups in total. The van der Waals surface area contributed by atoms with E-state index in [9.17, 15) is 4.79 Å². The van der Waals surface area contributed by atoms with Gasteiger partial charge in [0.25, 0.3) is 0 Å². The average molecular weight is 342 g/mol. The Morgan fingerprint density at radius 3 is 2.52 bits per heavy atom. The minimum Gasteiger partial charge on any atom is -0.497 e. The summed E-state index contributed by atoms with van der Waals surface area (Å²) < 4.78 is 16.3. The minimum atomic E-state index is -0.554. The average Bonchev–Trinajstić information content (AvgIpc) is 2.63. The number of aliphatic hydroxyl groups excluding tert-OH is 1. The number of aliphatic hydroxyl groups is 1. The standard InChI is InChI=1S/C20H22O5/c1-14(20(22)24-15(2)13-21)11-16-12-18(23-3)9-10-19(16)25-17-7-5-4-6-8-17/h4-12,15,21H,13H2,1-3H3. The molecule has 2 aromatic rings. The van der Waals surface area contributed by atoms with Crippen molar-refractivity contribution in [1.82, 2.24) is 0 Å². The van der Waals surface area contributed by atoms with E-state index in [-0.39, 0.29) is 6.61 Å². The van der Waals surface area contributed by atoms with E-state index in [1.807, 2.05) is 30.3 Å². The molecule has 0 saturated carbocycles. The number of hydrogen-bond donors (Lipinski definition) is 1. The van der Waals surface area contributed by atoms with Crippen molar-refractivity contribution in [3.63, 3.8) is 0 Å². The molecule has 25 heavy (non-hydrogen) atoms. The fourth-order valence-electron chi connectivity index (χ4n) is 2.08. The van der Waals surface area contributed by atoms with Crippen LogP contribution >= 0.6 is 0 Å². The van der Waals surface area contributed by atoms with Gasteiger partial charge in [-0.3, -0.25) is 0 Å². The lowest BCUT2D eigenvalue weighted by atomic mass is 10.1. The Balaban J connectivity index is 2.30. The Kier molecular flexibility index (Phi) is 6.60. The molecule has 0 bridgehead atoms. The lowest BCUT2D eigenvalue weighted by Crippen LogP contribution is -2.18. The van der Waals surface area contributed by atoms with Gasteiger partial charge in [0.1, 0.15) is 23.4 Å². The first-order valence-electron chi connectivity index (χ1n) is 7.94. The molecule has 0 aromatic heterocycles. The van der Waals surface area contributed by atoms with Gasteiger partial charge < -0.3 is 19.3 Å². The third-order valence-electron chi connectivity index (χ3n) is 3.45. The van der Waals surface area contributed by atoms with Crippen LogP contribution in [0.2, 0.25) is 0 Å². The molecular weight excluding hydrogens is 320 g/mol. The van der Waals surface area contributed by atoms with Gasteiger partial charge in [0.15, 0.2) is 0 Å². The van der Waals surface area contributed by atoms with Crippen molar-refractivity contribution >= 4 is 12.0 Å². The second kappa shape index (κ2) is 8.89. The summed E-state index contributed by atoms with van der Waals surface area (Å²) in [5, 5.41) is 9.00. The molecule has 1 unspecified atom stereocenters. The molecule has 0 saturated heterocycles. The second-order valence-electron chi connectivity index (χ2n) is 5.54. The smallest absolute Gasteiger partial charge is 0.334 e. The second-order valence-corrected chi connectivity index (χ2v) is 5.54. The number of rotatable bonds is 7. The predicted octanol–water partition coefficient (Wildman–Crippen LogP) is 3.81. The van der Waals surface area contributed by atoms with Crippen LogP contribution in [-0.4, -0.2) is 30.9 Å². The van der Waals surface area contributed by atoms with E-state index >= 15 is 0 Å². The molecule has 0 heterocycles. The zero-order valence-electron chi connectivity index (χ0n) is 14.6. The summed E-state index contributed by atoms with van der Waals surface area (Å²) >= 11 is 0. The van der Waals surface area contributed by atoms with Crippen LogP contribution in [0.5, 0.6) is 17.2 Å². The number of para-hydroxylation sites is 1. The molecule has 2 rings (SSSR count). The first-order valence-corrected chi connectivity index (χ1v) is 7.94. The number of ether oxygens (including phenoxy) is 3. The van der Waals surface area contributed by atoms with Crippen molar-refractivity contribution in [3.8, 4) is 17.2 Å². The molecular formula is C20H22O5. The molecule has 0 fully saturated rings. The van der Waals surface area contributed by atoms with E-state index in [1.165, 1.54) is 0 Å². The molecule has 0 spiro atoms. The Morgan fingerprint density at radius 2 is 1.88 bits per heavy atom. The van der Waals surface area contributed by atoms with Crippen LogP contribution < -0.4 is 9.47 Å². The van der Waals surface area contributed by atoms with Crippen molar-refractivity contribution in [2.45, 2.75) is 20.0 Å². The van der Waals surface area contributed by atoms with Crippen LogP contribution in [0, 0.1) is 0 Å². The van der Waals surface area contributed by atoms with E-state index in [0.717, 1.165) is 0 Å². The number of benzene rings is 2. The normalized spacial score (nSPS) is 12.4. The van der Waals surface area contributed by atoms with Crippen molar-refractivity contribution in [3.05, 3.63) is 59.7 Å². The van der Waals surface area contributed by atoms with Gasteiger partial charge in [0, 0.05) is 11.1 Å². The summed E-state index contributed by atoms with van der Waals surface area (Å²) in [6.07, 6.45) is 1.12. The molecule has 1 atom stereocenters. The maximum absolute atomic E-state index is 12.1. The number of carbonyl (C=O) groups excluding carboxylic acids is 1. The van der Waals surface area contributed by atoms with Crippen molar-refractivity contribution in [1.29, 1.82) is 0 Å². The first kappa shape index (κ1) is 18.5. The van der Waals surface area contributed by atoms with E-state index in [1.54, 1.807) is 45.2 Å². The quantitative estimate of drug-likeness (QED) is 0.612. The van der Waals surface area contributed by atoms with Gasteiger partial charge in [-0.25, -0.2) is 4.79 Å². The Bertz CT molecular complexity index is 737. The SMILES string of the molecule is COc1ccc(Oc2ccccc2)c(C=C(C)C(=O)OC(C)CO)c1. The highest BCUT2D eigenvalue weighted by Gasteiger charge is 2.12. The monoisotopic (exact) mass is 342 g/mol. The molecule has 0 aliphatic carbocycles. The molecule has 5 heteroatoms. The zero-order valence-corrected chi connectivity index (χ0v) is 14.6. The van der Waals surface area contributed by atoms with E-state index < -0.39 is 12.1 Å². The van der Waals surface area contributed by atoms with Gasteiger partial charge >= 0.3 is 5.97 Å². The minimum absolute atomic E-state index is 0.222. The van der Waals surface area contributed by atoms with Gasteiger partial charge in [-0.05, 0) is 50.3 Å². The third-order valence-corrected chi connectivity index (χ3v) is 3.45. The summed E-state index contributed by atoms with van der Waals surface area (Å²) in [6, 6.07) is 14.7. The Morgan fingerprint density at radius 1 is 1.16 bits per heavy atom. The fourth-order valence-corrected chi connectivity index (χ4v) is 2.08. The molecule has 2 aromatic carbocycles. The van der Waals surface area contributed by atoms with Crippen molar-refractivity contribution in [2.75, 3.05) is 13.7 Å². The topological polar surface area (TPSA) is 65.0 Å². The van der Waals surface area contributed by atoms with Crippen LogP contribution in [0.4, 0.5) is 0 Å². The lowest BCUT2D eigenvalue weighted by Gasteiger charge is -2.13. The molecule has 0 aliphatic heterocycles. The fraction of sp³-hybridized carbons (Fsp3) is 0.250. The largest absolute Gasteiger partial charge is 0.497 e. The highest BCUT2D eigenvalue weighted by Crippen LogP contribution is 2.30. The Labute approximate surface area is 147 Å². The Hall–Kier alpha value is -2.79. The van der Waals surface area contributed by atoms with Gasteiger partial charge in [0.05, 0.1) is 13.7 Å². The molecule has 0 radical (unpaired) electrons. The molecule has 0 amide bonds. The van der Waals surface area contributed by atoms with Crippen molar-refractivity contribution < 1.29 is 24.1 Å². The first-order chi connectivity index (χ1) is 12.0. The highest BCUT2D eigenvalue weighted by atomic mass is 16.5. The maximum atomic E-state index is 12.1. The number of methoxy groups -OCH3 is 1. The van der Waals surface area contributed by atoms with Gasteiger partial charge in [-0.2, -0.15) is 0 Å². The molecule has 132 valence electrons. The highest BCUT2D eigenvalue weighted by molar-refractivity contribution is 5.93. The lowest BCUT2D eigenvalue weighted by molar-refractivity contribution is -0.145. The predicted molar refractivity (Wildman–Crippen MR) is 95.8 cm³/mol. The van der Waals surface area contributed by atoms with Crippen LogP contribution in [0.25, 0.3) is 6.08 Å². The van der Waals surface area contributed by atoms with E-state index in [4.69, 9.17) is 19.3 Å². The van der Waals surface area contributed by atoms with E-state index in [2.05, 4.69) is 0 Å². The van der Waals surface area contributed by atoms with Crippen LogP contribution in [0.15, 0.2) is 54.1 Å². The molecule has 0 aliphatic rings. The summed E-state index contributed by atoms with van der Waals surface area (Å²) in [5.74, 6) is 1.44. The number of carbonyl (C=O) groups is 1. The van der Waals surface area contributed by atoms with E-state index in [0.29, 0.717) is 28.4 Å². The van der Waals surface area contributed by atoms with Crippen LogP contribution in [0.3, 0.4) is 0 Å². The number of hydrogen-bond acceptors (Lipinski definition) is 5. The van der Waals surface area contributed by atoms with Gasteiger partial charge in [-0.1, -0.05) is 18.2 Å². The summed E-state index contributed by atoms with van der Waals surface area (Å²) in [7, 11) is 1.57. The zero-order chi connectivity index (χ0) is 18.2. The van der Waals surface area contributed by atoms with Gasteiger partial charge in [-0.15, -0.1) is 0 Å². The van der Waals surface area contributed by atoms with Gasteiger partial charge in [0.2, 0.25) is 0 Å². The molecule has 5 nitrogen and oxygen atoms in total. The number of esters is 1. The summed E-state index contributed by atoms with van der Waals surface area (Å²) in [6.45, 7) is 3.05.